The number of hydrogen-bond acceptors (Lipinski definition) is 4. The van der Waals surface area contributed by atoms with Crippen LogP contribution in [0.3, 0.4) is 0 Å². The summed E-state index contributed by atoms with van der Waals surface area (Å²) < 4.78 is 0. The van der Waals surface area contributed by atoms with E-state index in [4.69, 9.17) is 0 Å². The second kappa shape index (κ2) is 5.72. The fourth-order valence-electron chi connectivity index (χ4n) is 0.173. The second-order valence-corrected chi connectivity index (χ2v) is 0.917. The molecule has 42 valence electrons. The third kappa shape index (κ3) is 4.72. The van der Waals surface area contributed by atoms with Gasteiger partial charge in [0, 0.05) is 6.20 Å². The Kier molecular flexibility index (Phi) is 4.80. The SMILES string of the molecule is O=C=NC=CCN=O. The summed E-state index contributed by atoms with van der Waals surface area (Å²) >= 11 is 0. The predicted octanol–water partition coefficient (Wildman–Crippen LogP) is 0.602. The molecule has 0 amide bonds. The van der Waals surface area contributed by atoms with Gasteiger partial charge in [-0.1, -0.05) is 5.18 Å². The maximum absolute atomic E-state index is 9.33. The summed E-state index contributed by atoms with van der Waals surface area (Å²) in [5.41, 5.74) is 0. The minimum Gasteiger partial charge on any atom is -0.211 e. The number of rotatable bonds is 3. The highest BCUT2D eigenvalue weighted by molar-refractivity contribution is 5.34. The molecule has 0 rings (SSSR count). The lowest BCUT2D eigenvalue weighted by atomic mass is 10.6. The molecule has 0 N–H and O–H groups in total. The average Bonchev–Trinajstić information content (AvgIpc) is 1.81. The zero-order chi connectivity index (χ0) is 6.24. The predicted molar refractivity (Wildman–Crippen MR) is 27.9 cm³/mol. The van der Waals surface area contributed by atoms with Crippen LogP contribution in [-0.2, 0) is 4.79 Å². The normalized spacial score (nSPS) is 8.50. The molecular weight excluding hydrogens is 108 g/mol. The van der Waals surface area contributed by atoms with Gasteiger partial charge in [0.2, 0.25) is 6.08 Å². The van der Waals surface area contributed by atoms with Gasteiger partial charge in [0.15, 0.2) is 0 Å². The van der Waals surface area contributed by atoms with E-state index in [1.807, 2.05) is 0 Å². The van der Waals surface area contributed by atoms with Crippen molar-refractivity contribution in [1.82, 2.24) is 0 Å². The van der Waals surface area contributed by atoms with Crippen LogP contribution in [0, 0.1) is 4.91 Å². The number of hydrogen-bond donors (Lipinski definition) is 0. The third-order valence-corrected chi connectivity index (χ3v) is 0.413. The van der Waals surface area contributed by atoms with Gasteiger partial charge in [-0.3, -0.25) is 0 Å². The first kappa shape index (κ1) is 6.72. The van der Waals surface area contributed by atoms with Crippen molar-refractivity contribution in [2.24, 2.45) is 10.2 Å². The molecule has 0 heterocycles. The van der Waals surface area contributed by atoms with Crippen LogP contribution in [-0.4, -0.2) is 12.6 Å². The van der Waals surface area contributed by atoms with Crippen molar-refractivity contribution in [1.29, 1.82) is 0 Å². The quantitative estimate of drug-likeness (QED) is 0.305. The number of aliphatic imine (C=N–C) groups is 1. The molecule has 4 nitrogen and oxygen atoms in total. The third-order valence-electron chi connectivity index (χ3n) is 0.413. The fourth-order valence-corrected chi connectivity index (χ4v) is 0.173. The summed E-state index contributed by atoms with van der Waals surface area (Å²) in [6.45, 7) is 0.0468. The number of carbonyl (C=O) groups excluding carboxylic acids is 1. The van der Waals surface area contributed by atoms with Crippen LogP contribution in [0.15, 0.2) is 22.4 Å². The van der Waals surface area contributed by atoms with Crippen molar-refractivity contribution < 1.29 is 4.79 Å². The van der Waals surface area contributed by atoms with E-state index >= 15 is 0 Å². The highest BCUT2D eigenvalue weighted by Gasteiger charge is 1.66. The average molecular weight is 112 g/mol. The van der Waals surface area contributed by atoms with Gasteiger partial charge in [-0.2, -0.15) is 9.90 Å². The molecule has 0 aliphatic heterocycles. The van der Waals surface area contributed by atoms with E-state index in [1.54, 1.807) is 0 Å². The second-order valence-electron chi connectivity index (χ2n) is 0.917. The lowest BCUT2D eigenvalue weighted by molar-refractivity contribution is 0.565. The van der Waals surface area contributed by atoms with Gasteiger partial charge in [-0.05, 0) is 6.08 Å². The number of nitrogens with zero attached hydrogens (tertiary/aromatic N) is 2. The van der Waals surface area contributed by atoms with Gasteiger partial charge in [-0.15, -0.1) is 0 Å². The zero-order valence-electron chi connectivity index (χ0n) is 4.07. The monoisotopic (exact) mass is 112 g/mol. The van der Waals surface area contributed by atoms with Crippen molar-refractivity contribution in [3.8, 4) is 0 Å². The van der Waals surface area contributed by atoms with Crippen LogP contribution < -0.4 is 0 Å². The van der Waals surface area contributed by atoms with Crippen LogP contribution >= 0.6 is 0 Å². The summed E-state index contributed by atoms with van der Waals surface area (Å²) in [7, 11) is 0. The van der Waals surface area contributed by atoms with Crippen LogP contribution in [0.1, 0.15) is 0 Å². The Morgan fingerprint density at radius 1 is 1.62 bits per heavy atom. The molecule has 0 aliphatic carbocycles. The molecule has 0 aromatic rings. The number of isocyanates is 1. The Balaban J connectivity index is 3.33. The van der Waals surface area contributed by atoms with Crippen LogP contribution in [0.4, 0.5) is 0 Å². The summed E-state index contributed by atoms with van der Waals surface area (Å²) in [6, 6.07) is 0. The first-order valence-corrected chi connectivity index (χ1v) is 1.93. The molecule has 0 unspecified atom stereocenters. The standard InChI is InChI=1S/C4H4N2O2/c7-4-5-2-1-3-6-8/h1-2H,3H2. The smallest absolute Gasteiger partial charge is 0.211 e. The Hall–Kier alpha value is -1.28. The molecule has 8 heavy (non-hydrogen) atoms. The van der Waals surface area contributed by atoms with E-state index in [-0.39, 0.29) is 6.54 Å². The summed E-state index contributed by atoms with van der Waals surface area (Å²) in [5, 5.41) is 2.48. The first-order chi connectivity index (χ1) is 3.91. The number of nitroso groups, excluding NO2 is 1. The summed E-state index contributed by atoms with van der Waals surface area (Å²) in [4.78, 5) is 21.7. The minimum absolute atomic E-state index is 0.0468. The zero-order valence-corrected chi connectivity index (χ0v) is 4.07. The Bertz CT molecular complexity index is 135. The highest BCUT2D eigenvalue weighted by Crippen LogP contribution is 1.72. The summed E-state index contributed by atoms with van der Waals surface area (Å²) in [5.74, 6) is 0. The highest BCUT2D eigenvalue weighted by atomic mass is 16.3. The summed E-state index contributed by atoms with van der Waals surface area (Å²) in [6.07, 6.45) is 3.81. The van der Waals surface area contributed by atoms with Gasteiger partial charge < -0.3 is 0 Å². The van der Waals surface area contributed by atoms with E-state index < -0.39 is 0 Å². The molecule has 0 spiro atoms. The van der Waals surface area contributed by atoms with Crippen molar-refractivity contribution in [2.75, 3.05) is 6.54 Å². The van der Waals surface area contributed by atoms with Crippen molar-refractivity contribution in [3.05, 3.63) is 17.2 Å². The van der Waals surface area contributed by atoms with Crippen molar-refractivity contribution >= 4 is 6.08 Å². The fraction of sp³-hybridized carbons (Fsp3) is 0.250. The molecule has 0 aromatic carbocycles. The van der Waals surface area contributed by atoms with Gasteiger partial charge in [0.25, 0.3) is 0 Å². The van der Waals surface area contributed by atoms with Crippen molar-refractivity contribution in [3.63, 3.8) is 0 Å². The molecule has 0 saturated carbocycles. The largest absolute Gasteiger partial charge is 0.239 e. The van der Waals surface area contributed by atoms with E-state index in [0.29, 0.717) is 0 Å². The van der Waals surface area contributed by atoms with Gasteiger partial charge >= 0.3 is 0 Å². The molecule has 0 fully saturated rings. The Morgan fingerprint density at radius 3 is 2.88 bits per heavy atom. The van der Waals surface area contributed by atoms with Crippen molar-refractivity contribution in [2.45, 2.75) is 0 Å². The lowest BCUT2D eigenvalue weighted by Crippen LogP contribution is -1.63. The first-order valence-electron chi connectivity index (χ1n) is 1.93. The van der Waals surface area contributed by atoms with E-state index in [0.717, 1.165) is 0 Å². The Morgan fingerprint density at radius 2 is 2.38 bits per heavy atom. The van der Waals surface area contributed by atoms with E-state index in [2.05, 4.69) is 10.2 Å². The van der Waals surface area contributed by atoms with Crippen LogP contribution in [0.2, 0.25) is 0 Å². The van der Waals surface area contributed by atoms with E-state index in [1.165, 1.54) is 18.4 Å². The van der Waals surface area contributed by atoms with Gasteiger partial charge in [0.05, 0.1) is 0 Å². The molecular formula is C4H4N2O2. The molecule has 4 heteroatoms. The molecule has 0 aliphatic rings. The topological polar surface area (TPSA) is 58.9 Å². The molecule has 0 bridgehead atoms. The van der Waals surface area contributed by atoms with Crippen LogP contribution in [0.25, 0.3) is 0 Å². The maximum atomic E-state index is 9.33. The lowest BCUT2D eigenvalue weighted by Gasteiger charge is -1.66. The molecule has 0 saturated heterocycles. The molecule has 0 aromatic heterocycles. The Labute approximate surface area is 45.9 Å². The van der Waals surface area contributed by atoms with Gasteiger partial charge in [0.1, 0.15) is 6.54 Å². The minimum atomic E-state index is 0.0468. The van der Waals surface area contributed by atoms with Gasteiger partial charge in [-0.25, -0.2) is 4.79 Å². The maximum Gasteiger partial charge on any atom is 0.239 e. The van der Waals surface area contributed by atoms with Crippen LogP contribution in [0.5, 0.6) is 0 Å². The molecule has 0 radical (unpaired) electrons. The molecule has 0 atom stereocenters. The van der Waals surface area contributed by atoms with E-state index in [9.17, 15) is 9.70 Å².